The van der Waals surface area contributed by atoms with Crippen molar-refractivity contribution in [1.29, 1.82) is 0 Å². The Labute approximate surface area is 120 Å². The fourth-order valence-electron chi connectivity index (χ4n) is 4.26. The molecule has 1 aliphatic heterocycles. The minimum Gasteiger partial charge on any atom is -0.312 e. The maximum atomic E-state index is 3.90. The second kappa shape index (κ2) is 7.08. The molecule has 2 heteroatoms. The second-order valence-electron chi connectivity index (χ2n) is 7.58. The van der Waals surface area contributed by atoms with Crippen molar-refractivity contribution in [3.8, 4) is 0 Å². The minimum absolute atomic E-state index is 0.745. The van der Waals surface area contributed by atoms with Gasteiger partial charge in [0, 0.05) is 18.6 Å². The lowest BCUT2D eigenvalue weighted by molar-refractivity contribution is 0.166. The van der Waals surface area contributed by atoms with E-state index in [2.05, 4.69) is 37.9 Å². The summed E-state index contributed by atoms with van der Waals surface area (Å²) in [5, 5.41) is 3.90. The molecule has 3 unspecified atom stereocenters. The number of nitrogens with one attached hydrogen (secondary N) is 1. The summed E-state index contributed by atoms with van der Waals surface area (Å²) in [6, 6.07) is 1.51. The maximum Gasteiger partial charge on any atom is 0.0243 e. The van der Waals surface area contributed by atoms with Gasteiger partial charge in [-0.2, -0.15) is 0 Å². The number of likely N-dealkylation sites (tertiary alicyclic amines) is 1. The summed E-state index contributed by atoms with van der Waals surface area (Å²) in [6.07, 6.45) is 7.00. The smallest absolute Gasteiger partial charge is 0.0243 e. The summed E-state index contributed by atoms with van der Waals surface area (Å²) in [4.78, 5) is 2.72. The fraction of sp³-hybridized carbons (Fsp3) is 1.00. The van der Waals surface area contributed by atoms with Gasteiger partial charge < -0.3 is 5.32 Å². The normalized spacial score (nSPS) is 34.9. The summed E-state index contributed by atoms with van der Waals surface area (Å²) < 4.78 is 0. The minimum atomic E-state index is 0.745. The van der Waals surface area contributed by atoms with E-state index in [0.29, 0.717) is 0 Å². The second-order valence-corrected chi connectivity index (χ2v) is 7.58. The lowest BCUT2D eigenvalue weighted by Crippen LogP contribution is -2.48. The molecule has 2 nitrogen and oxygen atoms in total. The van der Waals surface area contributed by atoms with Crippen molar-refractivity contribution in [2.24, 2.45) is 17.8 Å². The van der Waals surface area contributed by atoms with Crippen molar-refractivity contribution in [2.75, 3.05) is 19.6 Å². The third kappa shape index (κ3) is 4.46. The third-order valence-corrected chi connectivity index (χ3v) is 5.17. The van der Waals surface area contributed by atoms with Crippen molar-refractivity contribution < 1.29 is 0 Å². The standard InChI is InChI=1S/C17H34N2/c1-13(2)17(19-7-5-6-8-19)12-18-16-10-14(3)9-15(4)11-16/h13-18H,5-12H2,1-4H3. The van der Waals surface area contributed by atoms with Crippen LogP contribution in [0.15, 0.2) is 0 Å². The Kier molecular flexibility index (Phi) is 5.70. The van der Waals surface area contributed by atoms with Crippen LogP contribution < -0.4 is 5.32 Å². The van der Waals surface area contributed by atoms with Gasteiger partial charge in [-0.05, 0) is 62.9 Å². The lowest BCUT2D eigenvalue weighted by atomic mass is 9.80. The van der Waals surface area contributed by atoms with Gasteiger partial charge in [0.1, 0.15) is 0 Å². The number of hydrogen-bond donors (Lipinski definition) is 1. The van der Waals surface area contributed by atoms with Crippen LogP contribution in [0.25, 0.3) is 0 Å². The molecule has 1 N–H and O–H groups in total. The van der Waals surface area contributed by atoms with Gasteiger partial charge in [0.25, 0.3) is 0 Å². The van der Waals surface area contributed by atoms with Crippen LogP contribution in [-0.2, 0) is 0 Å². The molecule has 1 aliphatic carbocycles. The number of nitrogens with zero attached hydrogens (tertiary/aromatic N) is 1. The Morgan fingerprint density at radius 1 is 1.00 bits per heavy atom. The zero-order valence-corrected chi connectivity index (χ0v) is 13.5. The average Bonchev–Trinajstić information content (AvgIpc) is 2.81. The SMILES string of the molecule is CC1CC(C)CC(NCC(C(C)C)N2CCCC2)C1. The zero-order valence-electron chi connectivity index (χ0n) is 13.5. The van der Waals surface area contributed by atoms with E-state index in [1.807, 2.05) is 0 Å². The summed E-state index contributed by atoms with van der Waals surface area (Å²) >= 11 is 0. The van der Waals surface area contributed by atoms with Crippen LogP contribution >= 0.6 is 0 Å². The molecule has 2 fully saturated rings. The van der Waals surface area contributed by atoms with Crippen LogP contribution in [0, 0.1) is 17.8 Å². The first-order valence-corrected chi connectivity index (χ1v) is 8.53. The molecule has 1 saturated carbocycles. The fourth-order valence-corrected chi connectivity index (χ4v) is 4.26. The van der Waals surface area contributed by atoms with Crippen molar-refractivity contribution in [1.82, 2.24) is 10.2 Å². The van der Waals surface area contributed by atoms with Gasteiger partial charge in [-0.3, -0.25) is 4.90 Å². The van der Waals surface area contributed by atoms with Gasteiger partial charge in [0.05, 0.1) is 0 Å². The first-order valence-electron chi connectivity index (χ1n) is 8.53. The monoisotopic (exact) mass is 266 g/mol. The predicted molar refractivity (Wildman–Crippen MR) is 83.4 cm³/mol. The van der Waals surface area contributed by atoms with Crippen LogP contribution in [0.5, 0.6) is 0 Å². The summed E-state index contributed by atoms with van der Waals surface area (Å²) in [5.74, 6) is 2.58. The molecule has 0 amide bonds. The first kappa shape index (κ1) is 15.3. The Morgan fingerprint density at radius 2 is 1.58 bits per heavy atom. The molecule has 2 rings (SSSR count). The molecule has 0 bridgehead atoms. The average molecular weight is 266 g/mol. The van der Waals surface area contributed by atoms with Crippen molar-refractivity contribution in [2.45, 2.75) is 71.9 Å². The topological polar surface area (TPSA) is 15.3 Å². The molecule has 0 radical (unpaired) electrons. The summed E-state index contributed by atoms with van der Waals surface area (Å²) in [6.45, 7) is 13.5. The van der Waals surface area contributed by atoms with Crippen molar-refractivity contribution in [3.63, 3.8) is 0 Å². The van der Waals surface area contributed by atoms with Crippen LogP contribution in [0.2, 0.25) is 0 Å². The maximum absolute atomic E-state index is 3.90. The molecule has 0 aromatic heterocycles. The van der Waals surface area contributed by atoms with Crippen LogP contribution in [0.3, 0.4) is 0 Å². The van der Waals surface area contributed by atoms with Crippen molar-refractivity contribution in [3.05, 3.63) is 0 Å². The van der Waals surface area contributed by atoms with Gasteiger partial charge in [-0.1, -0.05) is 27.7 Å². The Hall–Kier alpha value is -0.0800. The lowest BCUT2D eigenvalue weighted by Gasteiger charge is -2.36. The van der Waals surface area contributed by atoms with E-state index in [-0.39, 0.29) is 0 Å². The van der Waals surface area contributed by atoms with Gasteiger partial charge in [0.15, 0.2) is 0 Å². The Balaban J connectivity index is 1.81. The summed E-state index contributed by atoms with van der Waals surface area (Å²) in [7, 11) is 0. The molecule has 0 aromatic carbocycles. The highest BCUT2D eigenvalue weighted by Crippen LogP contribution is 2.28. The quantitative estimate of drug-likeness (QED) is 0.819. The highest BCUT2D eigenvalue weighted by molar-refractivity contribution is 4.85. The molecule has 112 valence electrons. The third-order valence-electron chi connectivity index (χ3n) is 5.17. The van der Waals surface area contributed by atoms with Gasteiger partial charge >= 0.3 is 0 Å². The summed E-state index contributed by atoms with van der Waals surface area (Å²) in [5.41, 5.74) is 0. The first-order chi connectivity index (χ1) is 9.06. The highest BCUT2D eigenvalue weighted by Gasteiger charge is 2.27. The highest BCUT2D eigenvalue weighted by atomic mass is 15.2. The molecule has 0 spiro atoms. The molecule has 1 saturated heterocycles. The molecular formula is C17H34N2. The van der Waals surface area contributed by atoms with Gasteiger partial charge in [-0.25, -0.2) is 0 Å². The van der Waals surface area contributed by atoms with E-state index in [4.69, 9.17) is 0 Å². The molecule has 2 aliphatic rings. The van der Waals surface area contributed by atoms with E-state index < -0.39 is 0 Å². The van der Waals surface area contributed by atoms with Gasteiger partial charge in [-0.15, -0.1) is 0 Å². The van der Waals surface area contributed by atoms with E-state index in [1.165, 1.54) is 51.7 Å². The Morgan fingerprint density at radius 3 is 2.11 bits per heavy atom. The van der Waals surface area contributed by atoms with Crippen LogP contribution in [-0.4, -0.2) is 36.6 Å². The van der Waals surface area contributed by atoms with E-state index in [9.17, 15) is 0 Å². The molecule has 3 atom stereocenters. The molecule has 0 aromatic rings. The van der Waals surface area contributed by atoms with Crippen LogP contribution in [0.1, 0.15) is 59.8 Å². The molecule has 19 heavy (non-hydrogen) atoms. The predicted octanol–water partition coefficient (Wildman–Crippen LogP) is 3.52. The van der Waals surface area contributed by atoms with Gasteiger partial charge in [0.2, 0.25) is 0 Å². The van der Waals surface area contributed by atoms with Crippen molar-refractivity contribution >= 4 is 0 Å². The number of hydrogen-bond acceptors (Lipinski definition) is 2. The zero-order chi connectivity index (χ0) is 13.8. The largest absolute Gasteiger partial charge is 0.312 e. The number of rotatable bonds is 5. The molecular weight excluding hydrogens is 232 g/mol. The van der Waals surface area contributed by atoms with E-state index in [1.54, 1.807) is 0 Å². The molecule has 1 heterocycles. The van der Waals surface area contributed by atoms with E-state index >= 15 is 0 Å². The Bertz CT molecular complexity index is 248. The van der Waals surface area contributed by atoms with E-state index in [0.717, 1.165) is 29.8 Å². The van der Waals surface area contributed by atoms with Crippen LogP contribution in [0.4, 0.5) is 0 Å².